The monoisotopic (exact) mass is 364 g/mol. The number of hydrogen-bond donors (Lipinski definition) is 0. The Kier molecular flexibility index (Phi) is 5.16. The molecule has 1 aliphatic heterocycles. The van der Waals surface area contributed by atoms with Gasteiger partial charge in [-0.3, -0.25) is 4.79 Å². The van der Waals surface area contributed by atoms with Crippen LogP contribution in [0.15, 0.2) is 48.8 Å². The van der Waals surface area contributed by atoms with Crippen molar-refractivity contribution in [2.24, 2.45) is 5.92 Å². The highest BCUT2D eigenvalue weighted by atomic mass is 16.5. The molecule has 0 radical (unpaired) electrons. The quantitative estimate of drug-likeness (QED) is 0.698. The molecule has 1 saturated heterocycles. The summed E-state index contributed by atoms with van der Waals surface area (Å²) in [5.74, 6) is 0.518. The van der Waals surface area contributed by atoms with Gasteiger partial charge in [-0.2, -0.15) is 5.10 Å². The Bertz CT molecular complexity index is 916. The molecular formula is C21H24N4O2. The lowest BCUT2D eigenvalue weighted by Gasteiger charge is -2.27. The molecule has 1 fully saturated rings. The molecule has 27 heavy (non-hydrogen) atoms. The van der Waals surface area contributed by atoms with Crippen molar-refractivity contribution in [1.82, 2.24) is 19.7 Å². The molecule has 6 heteroatoms. The molecule has 4 rings (SSSR count). The number of amides is 1. The standard InChI is InChI=1S/C21H24N4O2/c1-24(14-17-7-9-27-10-8-17)21(26)19-11-18-13-23-25(20(18)22-12-19)15-16-5-3-2-4-6-16/h2-6,11-13,17H,7-10,14-15H2,1H3. The predicted molar refractivity (Wildman–Crippen MR) is 104 cm³/mol. The number of pyridine rings is 1. The summed E-state index contributed by atoms with van der Waals surface area (Å²) < 4.78 is 7.26. The van der Waals surface area contributed by atoms with Gasteiger partial charge in [0, 0.05) is 38.4 Å². The van der Waals surface area contributed by atoms with Gasteiger partial charge < -0.3 is 9.64 Å². The number of carbonyl (C=O) groups excluding carboxylic acids is 1. The topological polar surface area (TPSA) is 60.2 Å². The molecule has 0 saturated carbocycles. The van der Waals surface area contributed by atoms with Gasteiger partial charge in [-0.1, -0.05) is 30.3 Å². The van der Waals surface area contributed by atoms with E-state index in [1.54, 1.807) is 17.3 Å². The minimum atomic E-state index is 0.00620. The summed E-state index contributed by atoms with van der Waals surface area (Å²) in [5.41, 5.74) is 2.57. The molecule has 3 heterocycles. The van der Waals surface area contributed by atoms with Gasteiger partial charge >= 0.3 is 0 Å². The zero-order valence-electron chi connectivity index (χ0n) is 15.5. The first kappa shape index (κ1) is 17.7. The maximum atomic E-state index is 12.8. The summed E-state index contributed by atoms with van der Waals surface area (Å²) in [5, 5.41) is 5.33. The molecule has 0 atom stereocenters. The number of ether oxygens (including phenoxy) is 1. The normalized spacial score (nSPS) is 15.1. The SMILES string of the molecule is CN(CC1CCOCC1)C(=O)c1cnc2c(cnn2Cc2ccccc2)c1. The predicted octanol–water partition coefficient (Wildman–Crippen LogP) is 2.98. The number of aromatic nitrogens is 3. The van der Waals surface area contributed by atoms with Crippen LogP contribution in [0.1, 0.15) is 28.8 Å². The van der Waals surface area contributed by atoms with Crippen molar-refractivity contribution in [1.29, 1.82) is 0 Å². The molecule has 0 spiro atoms. The summed E-state index contributed by atoms with van der Waals surface area (Å²) >= 11 is 0. The van der Waals surface area contributed by atoms with Crippen LogP contribution in [0.5, 0.6) is 0 Å². The van der Waals surface area contributed by atoms with Crippen LogP contribution in [0, 0.1) is 5.92 Å². The number of fused-ring (bicyclic) bond motifs is 1. The Morgan fingerprint density at radius 1 is 1.22 bits per heavy atom. The number of nitrogens with zero attached hydrogens (tertiary/aromatic N) is 4. The van der Waals surface area contributed by atoms with Gasteiger partial charge in [0.2, 0.25) is 0 Å². The van der Waals surface area contributed by atoms with Crippen LogP contribution in [0.2, 0.25) is 0 Å². The Morgan fingerprint density at radius 2 is 2.00 bits per heavy atom. The fraction of sp³-hybridized carbons (Fsp3) is 0.381. The number of rotatable bonds is 5. The van der Waals surface area contributed by atoms with Crippen LogP contribution < -0.4 is 0 Å². The average molecular weight is 364 g/mol. The van der Waals surface area contributed by atoms with Crippen LogP contribution in [0.3, 0.4) is 0 Å². The third-order valence-corrected chi connectivity index (χ3v) is 5.12. The molecule has 140 valence electrons. The molecule has 0 unspecified atom stereocenters. The average Bonchev–Trinajstić information content (AvgIpc) is 3.11. The molecule has 1 amide bonds. The Morgan fingerprint density at radius 3 is 2.78 bits per heavy atom. The van der Waals surface area contributed by atoms with Crippen LogP contribution in [-0.2, 0) is 11.3 Å². The molecule has 1 aromatic carbocycles. The van der Waals surface area contributed by atoms with Crippen LogP contribution in [0.25, 0.3) is 11.0 Å². The molecule has 6 nitrogen and oxygen atoms in total. The van der Waals surface area contributed by atoms with Crippen molar-refractivity contribution < 1.29 is 9.53 Å². The first-order valence-electron chi connectivity index (χ1n) is 9.39. The summed E-state index contributed by atoms with van der Waals surface area (Å²) in [6.07, 6.45) is 5.47. The van der Waals surface area contributed by atoms with E-state index in [0.29, 0.717) is 18.0 Å². The minimum Gasteiger partial charge on any atom is -0.381 e. The fourth-order valence-electron chi connectivity index (χ4n) is 3.58. The first-order valence-corrected chi connectivity index (χ1v) is 9.39. The van der Waals surface area contributed by atoms with Crippen LogP contribution in [-0.4, -0.2) is 52.4 Å². The van der Waals surface area contributed by atoms with Gasteiger partial charge in [0.05, 0.1) is 18.3 Å². The smallest absolute Gasteiger partial charge is 0.255 e. The third kappa shape index (κ3) is 4.01. The van der Waals surface area contributed by atoms with E-state index in [2.05, 4.69) is 22.2 Å². The Hall–Kier alpha value is -2.73. The first-order chi connectivity index (χ1) is 13.2. The van der Waals surface area contributed by atoms with Crippen molar-refractivity contribution in [2.75, 3.05) is 26.8 Å². The van der Waals surface area contributed by atoms with E-state index >= 15 is 0 Å². The molecule has 0 N–H and O–H groups in total. The summed E-state index contributed by atoms with van der Waals surface area (Å²) in [7, 11) is 1.86. The van der Waals surface area contributed by atoms with Crippen molar-refractivity contribution in [2.45, 2.75) is 19.4 Å². The Balaban J connectivity index is 1.49. The van der Waals surface area contributed by atoms with Crippen molar-refractivity contribution in [3.8, 4) is 0 Å². The summed E-state index contributed by atoms with van der Waals surface area (Å²) in [4.78, 5) is 19.1. The molecule has 0 bridgehead atoms. The van der Waals surface area contributed by atoms with Gasteiger partial charge in [0.1, 0.15) is 0 Å². The maximum absolute atomic E-state index is 12.8. The molecular weight excluding hydrogens is 340 g/mol. The zero-order chi connectivity index (χ0) is 18.6. The highest BCUT2D eigenvalue weighted by Crippen LogP contribution is 2.19. The van der Waals surface area contributed by atoms with E-state index in [9.17, 15) is 4.79 Å². The largest absolute Gasteiger partial charge is 0.381 e. The summed E-state index contributed by atoms with van der Waals surface area (Å²) in [6.45, 7) is 3.00. The lowest BCUT2D eigenvalue weighted by molar-refractivity contribution is 0.0497. The third-order valence-electron chi connectivity index (χ3n) is 5.12. The lowest BCUT2D eigenvalue weighted by Crippen LogP contribution is -2.34. The summed E-state index contributed by atoms with van der Waals surface area (Å²) in [6, 6.07) is 12.0. The molecule has 3 aromatic rings. The maximum Gasteiger partial charge on any atom is 0.255 e. The number of carbonyl (C=O) groups is 1. The van der Waals surface area contributed by atoms with E-state index in [4.69, 9.17) is 4.74 Å². The van der Waals surface area contributed by atoms with E-state index in [0.717, 1.165) is 43.6 Å². The highest BCUT2D eigenvalue weighted by Gasteiger charge is 2.20. The van der Waals surface area contributed by atoms with Crippen LogP contribution in [0.4, 0.5) is 0 Å². The van der Waals surface area contributed by atoms with E-state index in [1.807, 2.05) is 36.0 Å². The van der Waals surface area contributed by atoms with Crippen molar-refractivity contribution >= 4 is 16.9 Å². The highest BCUT2D eigenvalue weighted by molar-refractivity contribution is 5.96. The lowest BCUT2D eigenvalue weighted by atomic mass is 9.99. The molecule has 2 aromatic heterocycles. The van der Waals surface area contributed by atoms with Gasteiger partial charge in [0.25, 0.3) is 5.91 Å². The second-order valence-electron chi connectivity index (χ2n) is 7.17. The van der Waals surface area contributed by atoms with Crippen molar-refractivity contribution in [3.05, 3.63) is 59.9 Å². The second-order valence-corrected chi connectivity index (χ2v) is 7.17. The minimum absolute atomic E-state index is 0.00620. The van der Waals surface area contributed by atoms with E-state index in [-0.39, 0.29) is 5.91 Å². The second kappa shape index (κ2) is 7.88. The van der Waals surface area contributed by atoms with E-state index < -0.39 is 0 Å². The Labute approximate surface area is 158 Å². The zero-order valence-corrected chi connectivity index (χ0v) is 15.5. The van der Waals surface area contributed by atoms with Crippen molar-refractivity contribution in [3.63, 3.8) is 0 Å². The van der Waals surface area contributed by atoms with Gasteiger partial charge in [-0.05, 0) is 30.4 Å². The van der Waals surface area contributed by atoms with Gasteiger partial charge in [-0.25, -0.2) is 9.67 Å². The molecule has 1 aliphatic rings. The molecule has 0 aliphatic carbocycles. The number of benzene rings is 1. The van der Waals surface area contributed by atoms with Gasteiger partial charge in [0.15, 0.2) is 5.65 Å². The number of hydrogen-bond acceptors (Lipinski definition) is 4. The fourth-order valence-corrected chi connectivity index (χ4v) is 3.58. The van der Waals surface area contributed by atoms with Crippen LogP contribution >= 0.6 is 0 Å². The van der Waals surface area contributed by atoms with E-state index in [1.165, 1.54) is 5.56 Å². The van der Waals surface area contributed by atoms with Gasteiger partial charge in [-0.15, -0.1) is 0 Å².